The van der Waals surface area contributed by atoms with Crippen LogP contribution in [0.5, 0.6) is 0 Å². The van der Waals surface area contributed by atoms with Gasteiger partial charge in [0.05, 0.1) is 12.2 Å². The van der Waals surface area contributed by atoms with Crippen LogP contribution in [0.2, 0.25) is 0 Å². The smallest absolute Gasteiger partial charge is 0.339 e. The number of carbonyl (C=O) groups excluding carboxylic acids is 2. The van der Waals surface area contributed by atoms with Gasteiger partial charge < -0.3 is 19.0 Å². The van der Waals surface area contributed by atoms with Gasteiger partial charge in [0.25, 0.3) is 0 Å². The summed E-state index contributed by atoms with van der Waals surface area (Å²) in [4.78, 5) is 32.2. The Hall–Kier alpha value is -3.09. The monoisotopic (exact) mass is 369 g/mol. The maximum atomic E-state index is 12.3. The standard InChI is InChI=1S/C20H23N3O4/c1-3-26-20(25)16-5-8-18(21-14-16)22-10-12-23(13-11-22)19(24)9-7-17-6-4-15(2)27-17/h4-9,14H,3,10-13H2,1-2H3. The summed E-state index contributed by atoms with van der Waals surface area (Å²) < 4.78 is 10.4. The zero-order chi connectivity index (χ0) is 19.2. The van der Waals surface area contributed by atoms with Gasteiger partial charge in [0.2, 0.25) is 5.91 Å². The van der Waals surface area contributed by atoms with E-state index in [9.17, 15) is 9.59 Å². The molecule has 1 amide bonds. The molecule has 7 heteroatoms. The molecule has 0 bridgehead atoms. The van der Waals surface area contributed by atoms with Crippen molar-refractivity contribution in [2.75, 3.05) is 37.7 Å². The Morgan fingerprint density at radius 2 is 1.96 bits per heavy atom. The van der Waals surface area contributed by atoms with E-state index in [4.69, 9.17) is 9.15 Å². The number of amides is 1. The number of anilines is 1. The lowest BCUT2D eigenvalue weighted by molar-refractivity contribution is -0.126. The number of furan rings is 1. The highest BCUT2D eigenvalue weighted by Gasteiger charge is 2.21. The van der Waals surface area contributed by atoms with E-state index in [0.717, 1.165) is 11.6 Å². The number of pyridine rings is 1. The Labute approximate surface area is 158 Å². The Balaban J connectivity index is 1.53. The van der Waals surface area contributed by atoms with Gasteiger partial charge in [-0.3, -0.25) is 4.79 Å². The van der Waals surface area contributed by atoms with Gasteiger partial charge in [0, 0.05) is 38.5 Å². The van der Waals surface area contributed by atoms with Gasteiger partial charge in [-0.15, -0.1) is 0 Å². The third-order valence-corrected chi connectivity index (χ3v) is 4.33. The van der Waals surface area contributed by atoms with E-state index in [1.807, 2.05) is 25.1 Å². The maximum Gasteiger partial charge on any atom is 0.339 e. The van der Waals surface area contributed by atoms with Gasteiger partial charge in [-0.25, -0.2) is 9.78 Å². The molecular formula is C20H23N3O4. The van der Waals surface area contributed by atoms with Crippen molar-refractivity contribution < 1.29 is 18.7 Å². The van der Waals surface area contributed by atoms with Crippen molar-refractivity contribution in [1.29, 1.82) is 0 Å². The second kappa shape index (κ2) is 8.53. The topological polar surface area (TPSA) is 75.9 Å². The second-order valence-electron chi connectivity index (χ2n) is 6.22. The molecule has 0 unspecified atom stereocenters. The van der Waals surface area contributed by atoms with E-state index < -0.39 is 0 Å². The van der Waals surface area contributed by atoms with Gasteiger partial charge >= 0.3 is 5.97 Å². The van der Waals surface area contributed by atoms with Gasteiger partial charge in [0.15, 0.2) is 0 Å². The van der Waals surface area contributed by atoms with Crippen molar-refractivity contribution in [2.45, 2.75) is 13.8 Å². The third kappa shape index (κ3) is 4.75. The molecule has 1 aliphatic heterocycles. The lowest BCUT2D eigenvalue weighted by Gasteiger charge is -2.35. The molecule has 0 spiro atoms. The minimum absolute atomic E-state index is 0.0330. The molecule has 0 aromatic carbocycles. The summed E-state index contributed by atoms with van der Waals surface area (Å²) in [5.74, 6) is 1.87. The number of hydrogen-bond donors (Lipinski definition) is 0. The largest absolute Gasteiger partial charge is 0.462 e. The number of carbonyl (C=O) groups is 2. The molecule has 0 aliphatic carbocycles. The molecule has 3 heterocycles. The summed E-state index contributed by atoms with van der Waals surface area (Å²) >= 11 is 0. The second-order valence-corrected chi connectivity index (χ2v) is 6.22. The number of piperazine rings is 1. The minimum atomic E-state index is -0.370. The first kappa shape index (κ1) is 18.7. The summed E-state index contributed by atoms with van der Waals surface area (Å²) in [5, 5.41) is 0. The predicted molar refractivity (Wildman–Crippen MR) is 101 cm³/mol. The first-order valence-corrected chi connectivity index (χ1v) is 8.98. The highest BCUT2D eigenvalue weighted by molar-refractivity contribution is 5.91. The SMILES string of the molecule is CCOC(=O)c1ccc(N2CCN(C(=O)C=Cc3ccc(C)o3)CC2)nc1. The summed E-state index contributed by atoms with van der Waals surface area (Å²) in [6, 6.07) is 7.22. The van der Waals surface area contributed by atoms with E-state index in [1.165, 1.54) is 6.20 Å². The quantitative estimate of drug-likeness (QED) is 0.595. The number of nitrogens with zero attached hydrogens (tertiary/aromatic N) is 3. The third-order valence-electron chi connectivity index (χ3n) is 4.33. The van der Waals surface area contributed by atoms with Gasteiger partial charge in [-0.2, -0.15) is 0 Å². The Morgan fingerprint density at radius 1 is 1.19 bits per heavy atom. The molecule has 2 aromatic heterocycles. The first-order chi connectivity index (χ1) is 13.1. The van der Waals surface area contributed by atoms with Crippen LogP contribution in [0.25, 0.3) is 6.08 Å². The van der Waals surface area contributed by atoms with Crippen molar-refractivity contribution >= 4 is 23.8 Å². The summed E-state index contributed by atoms with van der Waals surface area (Å²) in [6.45, 7) is 6.57. The zero-order valence-corrected chi connectivity index (χ0v) is 15.6. The first-order valence-electron chi connectivity index (χ1n) is 8.98. The highest BCUT2D eigenvalue weighted by atomic mass is 16.5. The molecule has 142 valence electrons. The number of hydrogen-bond acceptors (Lipinski definition) is 6. The molecule has 7 nitrogen and oxygen atoms in total. The van der Waals surface area contributed by atoms with Crippen LogP contribution in [-0.2, 0) is 9.53 Å². The molecule has 3 rings (SSSR count). The number of ether oxygens (including phenoxy) is 1. The average Bonchev–Trinajstić information content (AvgIpc) is 3.12. The molecule has 1 saturated heterocycles. The number of aryl methyl sites for hydroxylation is 1. The van der Waals surface area contributed by atoms with Crippen LogP contribution in [0.15, 0.2) is 41.0 Å². The van der Waals surface area contributed by atoms with Crippen LogP contribution >= 0.6 is 0 Å². The van der Waals surface area contributed by atoms with Gasteiger partial charge in [-0.1, -0.05) is 0 Å². The zero-order valence-electron chi connectivity index (χ0n) is 15.6. The predicted octanol–water partition coefficient (Wildman–Crippen LogP) is 2.52. The van der Waals surface area contributed by atoms with Crippen LogP contribution in [0.1, 0.15) is 28.8 Å². The number of aromatic nitrogens is 1. The highest BCUT2D eigenvalue weighted by Crippen LogP contribution is 2.15. The van der Waals surface area contributed by atoms with Crippen molar-refractivity contribution in [3.63, 3.8) is 0 Å². The Morgan fingerprint density at radius 3 is 2.56 bits per heavy atom. The molecule has 27 heavy (non-hydrogen) atoms. The van der Waals surface area contributed by atoms with E-state index in [0.29, 0.717) is 44.1 Å². The van der Waals surface area contributed by atoms with E-state index >= 15 is 0 Å². The van der Waals surface area contributed by atoms with Crippen LogP contribution in [-0.4, -0.2) is 54.5 Å². The van der Waals surface area contributed by atoms with E-state index in [1.54, 1.807) is 30.0 Å². The fourth-order valence-corrected chi connectivity index (χ4v) is 2.87. The Kier molecular flexibility index (Phi) is 5.90. The van der Waals surface area contributed by atoms with Crippen molar-refractivity contribution in [3.8, 4) is 0 Å². The molecule has 0 saturated carbocycles. The average molecular weight is 369 g/mol. The number of rotatable bonds is 5. The van der Waals surface area contributed by atoms with Crippen LogP contribution < -0.4 is 4.90 Å². The molecule has 1 aliphatic rings. The fourth-order valence-electron chi connectivity index (χ4n) is 2.87. The lowest BCUT2D eigenvalue weighted by atomic mass is 10.2. The van der Waals surface area contributed by atoms with Crippen LogP contribution in [0, 0.1) is 6.92 Å². The van der Waals surface area contributed by atoms with Crippen molar-refractivity contribution in [1.82, 2.24) is 9.88 Å². The molecule has 0 radical (unpaired) electrons. The Bertz CT molecular complexity index is 818. The lowest BCUT2D eigenvalue weighted by Crippen LogP contribution is -2.48. The summed E-state index contributed by atoms with van der Waals surface area (Å²) in [6.07, 6.45) is 4.76. The van der Waals surface area contributed by atoms with Gasteiger partial charge in [-0.05, 0) is 44.2 Å². The van der Waals surface area contributed by atoms with E-state index in [2.05, 4.69) is 9.88 Å². The van der Waals surface area contributed by atoms with Crippen molar-refractivity contribution in [2.24, 2.45) is 0 Å². The molecule has 0 N–H and O–H groups in total. The molecule has 1 fully saturated rings. The minimum Gasteiger partial charge on any atom is -0.462 e. The van der Waals surface area contributed by atoms with Crippen molar-refractivity contribution in [3.05, 3.63) is 53.6 Å². The van der Waals surface area contributed by atoms with Gasteiger partial charge in [0.1, 0.15) is 17.3 Å². The van der Waals surface area contributed by atoms with Crippen LogP contribution in [0.4, 0.5) is 5.82 Å². The fraction of sp³-hybridized carbons (Fsp3) is 0.350. The summed E-state index contributed by atoms with van der Waals surface area (Å²) in [5.41, 5.74) is 0.438. The number of esters is 1. The van der Waals surface area contributed by atoms with Crippen LogP contribution in [0.3, 0.4) is 0 Å². The van der Waals surface area contributed by atoms with E-state index in [-0.39, 0.29) is 11.9 Å². The molecule has 2 aromatic rings. The molecular weight excluding hydrogens is 346 g/mol. The summed E-state index contributed by atoms with van der Waals surface area (Å²) in [7, 11) is 0. The molecule has 0 atom stereocenters. The normalized spacial score (nSPS) is 14.6. The maximum absolute atomic E-state index is 12.3.